The SMILES string of the molecule is CC(=O)[C@@H](CC(C)C)C[C@@H](C#N)NC(=O)[C@@H]1[C@@H]2[C@H](CN1C(=O)C(NC(=O)C(F)(F)F)C1CCC1)C2(C)C. The Morgan fingerprint density at radius 1 is 1.11 bits per heavy atom. The lowest BCUT2D eigenvalue weighted by Crippen LogP contribution is -2.60. The van der Waals surface area contributed by atoms with Crippen molar-refractivity contribution in [2.75, 3.05) is 6.54 Å². The van der Waals surface area contributed by atoms with Crippen molar-refractivity contribution in [1.29, 1.82) is 5.26 Å². The van der Waals surface area contributed by atoms with Crippen LogP contribution in [-0.4, -0.2) is 59.3 Å². The van der Waals surface area contributed by atoms with Crippen molar-refractivity contribution in [3.63, 3.8) is 0 Å². The van der Waals surface area contributed by atoms with Gasteiger partial charge in [-0.05, 0) is 61.7 Å². The van der Waals surface area contributed by atoms with Crippen LogP contribution in [0.25, 0.3) is 0 Å². The predicted molar refractivity (Wildman–Crippen MR) is 127 cm³/mol. The monoisotopic (exact) mass is 526 g/mol. The normalized spacial score (nSPS) is 26.8. The number of Topliss-reactive ketones (excluding diaryl/α,β-unsaturated/α-hetero) is 1. The lowest BCUT2D eigenvalue weighted by molar-refractivity contribution is -0.176. The molecule has 3 amide bonds. The van der Waals surface area contributed by atoms with Gasteiger partial charge in [0.2, 0.25) is 11.8 Å². The van der Waals surface area contributed by atoms with Gasteiger partial charge in [-0.3, -0.25) is 19.2 Å². The van der Waals surface area contributed by atoms with Crippen LogP contribution in [0.1, 0.15) is 66.7 Å². The van der Waals surface area contributed by atoms with Crippen molar-refractivity contribution >= 4 is 23.5 Å². The highest BCUT2D eigenvalue weighted by Gasteiger charge is 2.69. The Morgan fingerprint density at radius 3 is 2.19 bits per heavy atom. The Bertz CT molecular complexity index is 970. The first-order chi connectivity index (χ1) is 17.1. The van der Waals surface area contributed by atoms with Crippen molar-refractivity contribution in [2.45, 2.75) is 91.0 Å². The molecule has 0 spiro atoms. The molecule has 0 aromatic carbocycles. The van der Waals surface area contributed by atoms with E-state index in [0.29, 0.717) is 19.3 Å². The van der Waals surface area contributed by atoms with Crippen LogP contribution in [0, 0.1) is 46.3 Å². The third kappa shape index (κ3) is 6.10. The number of amides is 3. The Balaban J connectivity index is 1.79. The topological polar surface area (TPSA) is 119 Å². The molecule has 11 heteroatoms. The van der Waals surface area contributed by atoms with Crippen molar-refractivity contribution in [2.24, 2.45) is 35.0 Å². The van der Waals surface area contributed by atoms with Crippen LogP contribution in [0.5, 0.6) is 0 Å². The summed E-state index contributed by atoms with van der Waals surface area (Å²) in [5, 5.41) is 14.3. The summed E-state index contributed by atoms with van der Waals surface area (Å²) in [6.45, 7) is 9.51. The van der Waals surface area contributed by atoms with Crippen molar-refractivity contribution in [3.8, 4) is 6.07 Å². The molecule has 3 aliphatic rings. The van der Waals surface area contributed by atoms with Gasteiger partial charge in [-0.15, -0.1) is 0 Å². The molecule has 1 aliphatic heterocycles. The van der Waals surface area contributed by atoms with E-state index in [9.17, 15) is 37.6 Å². The van der Waals surface area contributed by atoms with Gasteiger partial charge in [0.05, 0.1) is 6.07 Å². The van der Waals surface area contributed by atoms with E-state index in [0.717, 1.165) is 6.42 Å². The summed E-state index contributed by atoms with van der Waals surface area (Å²) in [5.41, 5.74) is -0.248. The number of nitriles is 1. The number of alkyl halides is 3. The van der Waals surface area contributed by atoms with Crippen LogP contribution in [0.3, 0.4) is 0 Å². The van der Waals surface area contributed by atoms with Crippen LogP contribution in [0.4, 0.5) is 13.2 Å². The number of piperidine rings is 1. The van der Waals surface area contributed by atoms with Gasteiger partial charge in [-0.1, -0.05) is 34.1 Å². The molecule has 6 atom stereocenters. The summed E-state index contributed by atoms with van der Waals surface area (Å²) >= 11 is 0. The molecule has 0 aromatic heterocycles. The molecule has 2 N–H and O–H groups in total. The summed E-state index contributed by atoms with van der Waals surface area (Å²) in [5.74, 6) is -4.34. The molecule has 206 valence electrons. The fourth-order valence-corrected chi connectivity index (χ4v) is 6.05. The smallest absolute Gasteiger partial charge is 0.339 e. The molecule has 3 fully saturated rings. The fraction of sp³-hybridized carbons (Fsp3) is 0.808. The van der Waals surface area contributed by atoms with E-state index < -0.39 is 53.9 Å². The second kappa shape index (κ2) is 10.6. The number of nitrogens with zero attached hydrogens (tertiary/aromatic N) is 2. The van der Waals surface area contributed by atoms with E-state index in [2.05, 4.69) is 5.32 Å². The molecule has 1 heterocycles. The summed E-state index contributed by atoms with van der Waals surface area (Å²) < 4.78 is 38.9. The third-order valence-corrected chi connectivity index (χ3v) is 8.51. The largest absolute Gasteiger partial charge is 0.471 e. The Morgan fingerprint density at radius 2 is 1.73 bits per heavy atom. The standard InChI is InChI=1S/C26H37F3N4O4/c1-13(2)9-16(14(3)34)10-17(11-30)31-22(35)21-19-18(25(19,4)5)12-33(21)23(36)20(15-7-6-8-15)32-24(37)26(27,28)29/h13,15-21H,6-10,12H2,1-5H3,(H,31,35)(H,32,37)/t16-,17-,18-,19-,20?,21-/m0/s1. The molecule has 3 rings (SSSR count). The lowest BCUT2D eigenvalue weighted by Gasteiger charge is -2.38. The molecule has 0 radical (unpaired) electrons. The third-order valence-electron chi connectivity index (χ3n) is 8.51. The number of carbonyl (C=O) groups excluding carboxylic acids is 4. The number of halogens is 3. The number of carbonyl (C=O) groups is 4. The zero-order valence-electron chi connectivity index (χ0n) is 22.0. The van der Waals surface area contributed by atoms with Crippen molar-refractivity contribution < 1.29 is 32.3 Å². The number of rotatable bonds is 10. The minimum Gasteiger partial charge on any atom is -0.339 e. The minimum atomic E-state index is -5.13. The van der Waals surface area contributed by atoms with Gasteiger partial charge >= 0.3 is 12.1 Å². The molecular formula is C26H37F3N4O4. The minimum absolute atomic E-state index is 0.0148. The van der Waals surface area contributed by atoms with Gasteiger partial charge < -0.3 is 15.5 Å². The van der Waals surface area contributed by atoms with E-state index in [1.54, 1.807) is 0 Å². The molecule has 2 aliphatic carbocycles. The summed E-state index contributed by atoms with van der Waals surface area (Å²) in [4.78, 5) is 52.1. The highest BCUT2D eigenvalue weighted by atomic mass is 19.4. The van der Waals surface area contributed by atoms with E-state index >= 15 is 0 Å². The molecule has 0 bridgehead atoms. The quantitative estimate of drug-likeness (QED) is 0.454. The van der Waals surface area contributed by atoms with Gasteiger partial charge in [0.15, 0.2) is 0 Å². The number of nitrogens with one attached hydrogen (secondary N) is 2. The Hall–Kier alpha value is -2.64. The van der Waals surface area contributed by atoms with Gasteiger partial charge in [0.1, 0.15) is 23.9 Å². The van der Waals surface area contributed by atoms with E-state index in [1.807, 2.05) is 39.1 Å². The van der Waals surface area contributed by atoms with Gasteiger partial charge in [-0.25, -0.2) is 0 Å². The maximum Gasteiger partial charge on any atom is 0.471 e. The van der Waals surface area contributed by atoms with E-state index in [-0.39, 0.29) is 41.9 Å². The van der Waals surface area contributed by atoms with Crippen LogP contribution >= 0.6 is 0 Å². The number of hydrogen-bond donors (Lipinski definition) is 2. The zero-order valence-corrected chi connectivity index (χ0v) is 22.0. The highest BCUT2D eigenvalue weighted by Crippen LogP contribution is 2.65. The van der Waals surface area contributed by atoms with Crippen LogP contribution < -0.4 is 10.6 Å². The summed E-state index contributed by atoms with van der Waals surface area (Å²) in [6.07, 6.45) is -2.66. The predicted octanol–water partition coefficient (Wildman–Crippen LogP) is 2.97. The lowest BCUT2D eigenvalue weighted by atomic mass is 9.79. The second-order valence-corrected chi connectivity index (χ2v) is 11.9. The zero-order chi connectivity index (χ0) is 27.9. The second-order valence-electron chi connectivity index (χ2n) is 11.9. The molecule has 2 saturated carbocycles. The molecule has 1 saturated heterocycles. The average molecular weight is 527 g/mol. The number of fused-ring (bicyclic) bond motifs is 1. The summed E-state index contributed by atoms with van der Waals surface area (Å²) in [7, 11) is 0. The first kappa shape index (κ1) is 28.9. The maximum atomic E-state index is 13.5. The fourth-order valence-electron chi connectivity index (χ4n) is 6.05. The molecular weight excluding hydrogens is 489 g/mol. The first-order valence-electron chi connectivity index (χ1n) is 13.0. The van der Waals surface area contributed by atoms with Crippen molar-refractivity contribution in [1.82, 2.24) is 15.5 Å². The van der Waals surface area contributed by atoms with E-state index in [4.69, 9.17) is 0 Å². The molecule has 0 aromatic rings. The number of ketones is 1. The molecule has 8 nitrogen and oxygen atoms in total. The van der Waals surface area contributed by atoms with Gasteiger partial charge in [-0.2, -0.15) is 18.4 Å². The Labute approximate surface area is 215 Å². The number of likely N-dealkylation sites (tertiary alicyclic amines) is 1. The van der Waals surface area contributed by atoms with Crippen LogP contribution in [0.2, 0.25) is 0 Å². The highest BCUT2D eigenvalue weighted by molar-refractivity contribution is 5.94. The van der Waals surface area contributed by atoms with E-state index in [1.165, 1.54) is 11.8 Å². The molecule has 1 unspecified atom stereocenters. The van der Waals surface area contributed by atoms with Crippen LogP contribution in [-0.2, 0) is 19.2 Å². The number of hydrogen-bond acceptors (Lipinski definition) is 5. The Kier molecular flexibility index (Phi) is 8.30. The van der Waals surface area contributed by atoms with Gasteiger partial charge in [0.25, 0.3) is 0 Å². The average Bonchev–Trinajstić information content (AvgIpc) is 3.08. The summed E-state index contributed by atoms with van der Waals surface area (Å²) in [6, 6.07) is -1.24. The van der Waals surface area contributed by atoms with Gasteiger partial charge in [0, 0.05) is 12.5 Å². The molecule has 37 heavy (non-hydrogen) atoms. The van der Waals surface area contributed by atoms with Crippen molar-refractivity contribution in [3.05, 3.63) is 0 Å². The van der Waals surface area contributed by atoms with Crippen LogP contribution in [0.15, 0.2) is 0 Å². The maximum absolute atomic E-state index is 13.5. The first-order valence-corrected chi connectivity index (χ1v) is 13.0.